The largest absolute Gasteiger partial charge is 0.465 e. The van der Waals surface area contributed by atoms with Gasteiger partial charge in [-0.15, -0.1) is 0 Å². The fraction of sp³-hybridized carbons (Fsp3) is 0.767. The minimum atomic E-state index is -1.10. The zero-order valence-electron chi connectivity index (χ0n) is 22.8. The molecule has 0 aromatic heterocycles. The molecular formula is C30H44O4. The first-order valence-corrected chi connectivity index (χ1v) is 13.3. The smallest absolute Gasteiger partial charge is 0.319 e. The fourth-order valence-electron chi connectivity index (χ4n) is 8.04. The van der Waals surface area contributed by atoms with Gasteiger partial charge in [-0.05, 0) is 78.8 Å². The number of Topliss-reactive ketones (excluding diaryl/α,β-unsaturated/α-hetero) is 2. The molecule has 4 nitrogen and oxygen atoms in total. The second kappa shape index (κ2) is 7.64. The van der Waals surface area contributed by atoms with Gasteiger partial charge in [0.05, 0.1) is 6.61 Å². The lowest BCUT2D eigenvalue weighted by molar-refractivity contribution is -0.150. The highest BCUT2D eigenvalue weighted by Gasteiger charge is 2.66. The number of carbonyl (C=O) groups is 3. The van der Waals surface area contributed by atoms with Crippen LogP contribution in [-0.2, 0) is 19.1 Å². The third-order valence-electron chi connectivity index (χ3n) is 11.0. The van der Waals surface area contributed by atoms with Gasteiger partial charge in [0.1, 0.15) is 5.41 Å². The quantitative estimate of drug-likeness (QED) is 0.330. The SMILES string of the molecule is CCOC(=O)C(/C=C1\C(=O)C2(C)CCC1C2(C)C)(/C=C1\C(=O)C2(C)CCC1C2(C)C)CC(C)C. The van der Waals surface area contributed by atoms with Crippen molar-refractivity contribution in [1.29, 1.82) is 0 Å². The molecule has 4 aliphatic rings. The maximum Gasteiger partial charge on any atom is 0.319 e. The number of esters is 1. The van der Waals surface area contributed by atoms with E-state index in [4.69, 9.17) is 4.74 Å². The number of fused-ring (bicyclic) bond motifs is 4. The Kier molecular flexibility index (Phi) is 5.71. The van der Waals surface area contributed by atoms with Crippen LogP contribution < -0.4 is 0 Å². The topological polar surface area (TPSA) is 60.4 Å². The number of hydrogen-bond acceptors (Lipinski definition) is 4. The number of ether oxygens (including phenoxy) is 1. The van der Waals surface area contributed by atoms with Crippen LogP contribution in [0.4, 0.5) is 0 Å². The highest BCUT2D eigenvalue weighted by atomic mass is 16.5. The van der Waals surface area contributed by atoms with Crippen molar-refractivity contribution in [3.8, 4) is 0 Å². The molecule has 4 atom stereocenters. The maximum absolute atomic E-state index is 13.8. The van der Waals surface area contributed by atoms with E-state index in [1.165, 1.54) is 0 Å². The van der Waals surface area contributed by atoms with Crippen molar-refractivity contribution < 1.29 is 19.1 Å². The molecule has 34 heavy (non-hydrogen) atoms. The lowest BCUT2D eigenvalue weighted by Gasteiger charge is -2.31. The Bertz CT molecular complexity index is 929. The Morgan fingerprint density at radius 2 is 1.32 bits per heavy atom. The summed E-state index contributed by atoms with van der Waals surface area (Å²) in [5, 5.41) is 0. The van der Waals surface area contributed by atoms with E-state index in [-0.39, 0.29) is 52.7 Å². The Morgan fingerprint density at radius 3 is 1.62 bits per heavy atom. The third-order valence-corrected chi connectivity index (χ3v) is 11.0. The molecule has 0 N–H and O–H groups in total. The number of carbonyl (C=O) groups excluding carboxylic acids is 3. The van der Waals surface area contributed by atoms with Gasteiger partial charge in [-0.3, -0.25) is 14.4 Å². The molecule has 4 saturated carbocycles. The molecule has 4 rings (SSSR count). The monoisotopic (exact) mass is 468 g/mol. The van der Waals surface area contributed by atoms with Crippen molar-refractivity contribution in [2.24, 2.45) is 44.8 Å². The number of ketones is 2. The molecule has 4 unspecified atom stereocenters. The van der Waals surface area contributed by atoms with Gasteiger partial charge in [0.2, 0.25) is 0 Å². The van der Waals surface area contributed by atoms with E-state index in [1.54, 1.807) is 0 Å². The van der Waals surface area contributed by atoms with Gasteiger partial charge >= 0.3 is 5.97 Å². The molecule has 4 heteroatoms. The van der Waals surface area contributed by atoms with Crippen LogP contribution in [0.15, 0.2) is 23.3 Å². The van der Waals surface area contributed by atoms with Gasteiger partial charge in [-0.2, -0.15) is 0 Å². The molecule has 0 heterocycles. The van der Waals surface area contributed by atoms with Gasteiger partial charge in [0.25, 0.3) is 0 Å². The van der Waals surface area contributed by atoms with E-state index in [9.17, 15) is 14.4 Å². The highest BCUT2D eigenvalue weighted by Crippen LogP contribution is 2.67. The van der Waals surface area contributed by atoms with E-state index in [0.29, 0.717) is 6.42 Å². The molecule has 0 saturated heterocycles. The second-order valence-electron chi connectivity index (χ2n) is 13.5. The van der Waals surface area contributed by atoms with Crippen LogP contribution >= 0.6 is 0 Å². The summed E-state index contributed by atoms with van der Waals surface area (Å²) in [6.45, 7) is 19.2. The lowest BCUT2D eigenvalue weighted by Crippen LogP contribution is -2.35. The minimum Gasteiger partial charge on any atom is -0.465 e. The van der Waals surface area contributed by atoms with Crippen LogP contribution in [0.5, 0.6) is 0 Å². The van der Waals surface area contributed by atoms with E-state index < -0.39 is 16.2 Å². The Balaban J connectivity index is 1.92. The first-order chi connectivity index (χ1) is 15.6. The zero-order chi connectivity index (χ0) is 25.5. The summed E-state index contributed by atoms with van der Waals surface area (Å²) >= 11 is 0. The van der Waals surface area contributed by atoms with Crippen molar-refractivity contribution in [3.05, 3.63) is 23.3 Å². The van der Waals surface area contributed by atoms with E-state index in [1.807, 2.05) is 19.1 Å². The van der Waals surface area contributed by atoms with Crippen molar-refractivity contribution in [2.45, 2.75) is 94.4 Å². The Hall–Kier alpha value is -1.71. The molecule has 0 aliphatic heterocycles. The third kappa shape index (κ3) is 3.05. The van der Waals surface area contributed by atoms with Crippen LogP contribution in [0.1, 0.15) is 94.4 Å². The summed E-state index contributed by atoms with van der Waals surface area (Å²) in [4.78, 5) is 41.2. The number of allylic oxidation sites excluding steroid dienone is 2. The lowest BCUT2D eigenvalue weighted by atomic mass is 9.70. The summed E-state index contributed by atoms with van der Waals surface area (Å²) < 4.78 is 5.66. The van der Waals surface area contributed by atoms with Crippen LogP contribution in [0.2, 0.25) is 0 Å². The van der Waals surface area contributed by atoms with Crippen LogP contribution in [0, 0.1) is 44.8 Å². The standard InChI is InChI=1S/C30H44O4/c1-10-34-25(33)30(15-18(2)3,16-19-21-11-13-28(8,23(19)31)26(21,4)5)17-20-22-12-14-29(9,24(20)32)27(22,6)7/h16-18,21-22H,10-15H2,1-9H3/b19-16-,20-17-. The predicted molar refractivity (Wildman–Crippen MR) is 134 cm³/mol. The summed E-state index contributed by atoms with van der Waals surface area (Å²) in [5.41, 5.74) is -0.610. The van der Waals surface area contributed by atoms with Gasteiger partial charge < -0.3 is 4.74 Å². The molecule has 188 valence electrons. The Morgan fingerprint density at radius 1 is 0.912 bits per heavy atom. The molecule has 4 aliphatic carbocycles. The van der Waals surface area contributed by atoms with Gasteiger partial charge in [0, 0.05) is 10.8 Å². The number of rotatable bonds is 6. The summed E-state index contributed by atoms with van der Waals surface area (Å²) in [6, 6.07) is 0. The van der Waals surface area contributed by atoms with Crippen molar-refractivity contribution in [2.75, 3.05) is 6.61 Å². The van der Waals surface area contributed by atoms with Gasteiger partial charge in [0.15, 0.2) is 11.6 Å². The summed E-state index contributed by atoms with van der Waals surface area (Å²) in [7, 11) is 0. The van der Waals surface area contributed by atoms with Crippen LogP contribution in [0.25, 0.3) is 0 Å². The van der Waals surface area contributed by atoms with Crippen LogP contribution in [-0.4, -0.2) is 24.1 Å². The van der Waals surface area contributed by atoms with Crippen LogP contribution in [0.3, 0.4) is 0 Å². The predicted octanol–water partition coefficient (Wildman–Crippen LogP) is 6.49. The molecule has 4 fully saturated rings. The van der Waals surface area contributed by atoms with Crippen molar-refractivity contribution in [3.63, 3.8) is 0 Å². The van der Waals surface area contributed by atoms with Gasteiger partial charge in [-0.25, -0.2) is 0 Å². The van der Waals surface area contributed by atoms with E-state index in [0.717, 1.165) is 36.8 Å². The molecule has 0 aromatic rings. The average molecular weight is 469 g/mol. The molecule has 0 radical (unpaired) electrons. The van der Waals surface area contributed by atoms with E-state index in [2.05, 4.69) is 55.4 Å². The minimum absolute atomic E-state index is 0.133. The zero-order valence-corrected chi connectivity index (χ0v) is 22.8. The molecule has 0 spiro atoms. The summed E-state index contributed by atoms with van der Waals surface area (Å²) in [5.74, 6) is 0.476. The normalized spacial score (nSPS) is 39.5. The maximum atomic E-state index is 13.8. The van der Waals surface area contributed by atoms with E-state index >= 15 is 0 Å². The molecule has 0 amide bonds. The first-order valence-electron chi connectivity index (χ1n) is 13.3. The fourth-order valence-corrected chi connectivity index (χ4v) is 8.04. The first kappa shape index (κ1) is 25.4. The van der Waals surface area contributed by atoms with Gasteiger partial charge in [-0.1, -0.05) is 67.5 Å². The average Bonchev–Trinajstić information content (AvgIpc) is 3.21. The van der Waals surface area contributed by atoms with Crippen molar-refractivity contribution >= 4 is 17.5 Å². The summed E-state index contributed by atoms with van der Waals surface area (Å²) in [6.07, 6.45) is 8.14. The second-order valence-corrected chi connectivity index (χ2v) is 13.5. The Labute approximate surface area is 206 Å². The molecule has 0 aromatic carbocycles. The van der Waals surface area contributed by atoms with Crippen molar-refractivity contribution in [1.82, 2.24) is 0 Å². The number of hydrogen-bond donors (Lipinski definition) is 0. The highest BCUT2D eigenvalue weighted by molar-refractivity contribution is 6.07. The molecular weight excluding hydrogens is 424 g/mol. The molecule has 4 bridgehead atoms.